The zero-order chi connectivity index (χ0) is 23.1. The number of thiophene rings is 1. The van der Waals surface area contributed by atoms with E-state index < -0.39 is 6.04 Å². The van der Waals surface area contributed by atoms with Gasteiger partial charge in [-0.3, -0.25) is 9.59 Å². The fraction of sp³-hybridized carbons (Fsp3) is 0.375. The Morgan fingerprint density at radius 2 is 1.84 bits per heavy atom. The first-order chi connectivity index (χ1) is 15.3. The molecule has 0 fully saturated rings. The summed E-state index contributed by atoms with van der Waals surface area (Å²) in [6.45, 7) is 6.08. The van der Waals surface area contributed by atoms with Gasteiger partial charge in [0, 0.05) is 27.2 Å². The summed E-state index contributed by atoms with van der Waals surface area (Å²) in [5.41, 5.74) is 7.09. The van der Waals surface area contributed by atoms with Gasteiger partial charge in [-0.25, -0.2) is 4.98 Å². The molecule has 2 amide bonds. The number of hydrogen-bond acceptors (Lipinski definition) is 6. The molecule has 0 bridgehead atoms. The van der Waals surface area contributed by atoms with Crippen LogP contribution in [0, 0.1) is 0 Å². The molecule has 3 aromatic rings. The second-order valence-electron chi connectivity index (χ2n) is 8.17. The van der Waals surface area contributed by atoms with Gasteiger partial charge in [0.05, 0.1) is 12.6 Å². The summed E-state index contributed by atoms with van der Waals surface area (Å²) >= 11 is 1.56. The summed E-state index contributed by atoms with van der Waals surface area (Å²) in [4.78, 5) is 30.5. The molecular formula is C24H31N5O2S. The number of nitrogen functional groups attached to an aromatic ring is 1. The number of aryl methyl sites for hydroxylation is 1. The molecule has 8 heteroatoms. The first-order valence-corrected chi connectivity index (χ1v) is 11.7. The van der Waals surface area contributed by atoms with Crippen LogP contribution in [-0.2, 0) is 22.6 Å². The fourth-order valence-corrected chi connectivity index (χ4v) is 4.48. The van der Waals surface area contributed by atoms with E-state index in [0.717, 1.165) is 21.4 Å². The highest BCUT2D eigenvalue weighted by atomic mass is 32.1. The average molecular weight is 454 g/mol. The molecule has 0 saturated carbocycles. The van der Waals surface area contributed by atoms with Crippen molar-refractivity contribution < 1.29 is 9.59 Å². The van der Waals surface area contributed by atoms with Crippen LogP contribution in [0.25, 0.3) is 10.1 Å². The van der Waals surface area contributed by atoms with Gasteiger partial charge in [-0.05, 0) is 37.5 Å². The molecule has 0 aliphatic heterocycles. The normalized spacial score (nSPS) is 13.1. The van der Waals surface area contributed by atoms with Gasteiger partial charge in [0.25, 0.3) is 0 Å². The van der Waals surface area contributed by atoms with Crippen molar-refractivity contribution in [2.45, 2.75) is 58.3 Å². The van der Waals surface area contributed by atoms with E-state index in [0.29, 0.717) is 18.8 Å². The number of hydrogen-bond donors (Lipinski definition) is 4. The van der Waals surface area contributed by atoms with Gasteiger partial charge >= 0.3 is 0 Å². The maximum Gasteiger partial charge on any atom is 0.242 e. The van der Waals surface area contributed by atoms with Crippen molar-refractivity contribution in [3.05, 3.63) is 59.1 Å². The minimum Gasteiger partial charge on any atom is -0.383 e. The molecule has 1 aromatic carbocycles. The van der Waals surface area contributed by atoms with E-state index in [1.807, 2.05) is 44.2 Å². The summed E-state index contributed by atoms with van der Waals surface area (Å²) in [7, 11) is 0. The molecule has 2 atom stereocenters. The number of aromatic nitrogens is 1. The van der Waals surface area contributed by atoms with E-state index in [2.05, 4.69) is 33.1 Å². The topological polar surface area (TPSA) is 109 Å². The predicted octanol–water partition coefficient (Wildman–Crippen LogP) is 3.00. The Hall–Kier alpha value is -2.97. The van der Waals surface area contributed by atoms with E-state index >= 15 is 0 Å². The van der Waals surface area contributed by atoms with Crippen LogP contribution in [0.4, 0.5) is 5.82 Å². The maximum absolute atomic E-state index is 12.9. The molecule has 0 radical (unpaired) electrons. The molecule has 170 valence electrons. The lowest BCUT2D eigenvalue weighted by Crippen LogP contribution is -2.52. The highest BCUT2D eigenvalue weighted by molar-refractivity contribution is 7.19. The van der Waals surface area contributed by atoms with Crippen LogP contribution in [-0.4, -0.2) is 34.9 Å². The van der Waals surface area contributed by atoms with Gasteiger partial charge in [-0.1, -0.05) is 44.2 Å². The SMILES string of the molecule is CC(C)NC(CCc1ccccc1)C(=O)N[C@@H](C)C(=O)NCc1cc2c(N)nccc2s1. The first-order valence-electron chi connectivity index (χ1n) is 10.8. The van der Waals surface area contributed by atoms with Crippen LogP contribution < -0.4 is 21.7 Å². The fourth-order valence-electron chi connectivity index (χ4n) is 3.48. The Morgan fingerprint density at radius 3 is 2.53 bits per heavy atom. The molecule has 0 spiro atoms. The lowest BCUT2D eigenvalue weighted by Gasteiger charge is -2.23. The monoisotopic (exact) mass is 453 g/mol. The lowest BCUT2D eigenvalue weighted by atomic mass is 10.0. The van der Waals surface area contributed by atoms with E-state index in [4.69, 9.17) is 5.73 Å². The van der Waals surface area contributed by atoms with E-state index in [1.165, 1.54) is 5.56 Å². The molecule has 1 unspecified atom stereocenters. The quantitative estimate of drug-likeness (QED) is 0.377. The summed E-state index contributed by atoms with van der Waals surface area (Å²) in [5, 5.41) is 9.96. The minimum atomic E-state index is -0.642. The standard InChI is InChI=1S/C24H31N5O2S/c1-15(2)28-20(10-9-17-7-5-4-6-8-17)24(31)29-16(3)23(30)27-14-18-13-19-21(32-18)11-12-26-22(19)25/h4-8,11-13,15-16,20,28H,9-10,14H2,1-3H3,(H2,25,26)(H,27,30)(H,29,31)/t16-,20?/m0/s1. The highest BCUT2D eigenvalue weighted by Gasteiger charge is 2.23. The Labute approximate surface area is 192 Å². The molecule has 5 N–H and O–H groups in total. The zero-order valence-corrected chi connectivity index (χ0v) is 19.5. The summed E-state index contributed by atoms with van der Waals surface area (Å²) < 4.78 is 1.03. The first kappa shape index (κ1) is 23.7. The Morgan fingerprint density at radius 1 is 1.09 bits per heavy atom. The molecule has 0 aliphatic rings. The van der Waals surface area contributed by atoms with Crippen LogP contribution >= 0.6 is 11.3 Å². The third-order valence-electron chi connectivity index (χ3n) is 5.13. The van der Waals surface area contributed by atoms with E-state index in [-0.39, 0.29) is 23.9 Å². The third-order valence-corrected chi connectivity index (χ3v) is 6.23. The van der Waals surface area contributed by atoms with Crippen molar-refractivity contribution in [2.75, 3.05) is 5.73 Å². The molecule has 0 aliphatic carbocycles. The number of benzene rings is 1. The molecule has 2 heterocycles. The summed E-state index contributed by atoms with van der Waals surface area (Å²) in [6, 6.07) is 13.1. The van der Waals surface area contributed by atoms with Crippen LogP contribution in [0.15, 0.2) is 48.7 Å². The smallest absolute Gasteiger partial charge is 0.242 e. The van der Waals surface area contributed by atoms with Crippen LogP contribution in [0.5, 0.6) is 0 Å². The maximum atomic E-state index is 12.9. The van der Waals surface area contributed by atoms with Gasteiger partial charge < -0.3 is 21.7 Å². The number of pyridine rings is 1. The van der Waals surface area contributed by atoms with Gasteiger partial charge in [0.15, 0.2) is 0 Å². The number of fused-ring (bicyclic) bond motifs is 1. The number of nitrogens with zero attached hydrogens (tertiary/aromatic N) is 1. The Balaban J connectivity index is 1.53. The van der Waals surface area contributed by atoms with Crippen molar-refractivity contribution in [1.82, 2.24) is 20.9 Å². The van der Waals surface area contributed by atoms with E-state index in [1.54, 1.807) is 24.5 Å². The van der Waals surface area contributed by atoms with Gasteiger partial charge in [0.2, 0.25) is 11.8 Å². The highest BCUT2D eigenvalue weighted by Crippen LogP contribution is 2.28. The molecule has 2 aromatic heterocycles. The zero-order valence-electron chi connectivity index (χ0n) is 18.7. The third kappa shape index (κ3) is 6.51. The summed E-state index contributed by atoms with van der Waals surface area (Å²) in [5.74, 6) is 0.0856. The number of anilines is 1. The number of nitrogens with two attached hydrogens (primary N) is 1. The van der Waals surface area contributed by atoms with Crippen LogP contribution in [0.3, 0.4) is 0 Å². The van der Waals surface area contributed by atoms with Crippen molar-refractivity contribution in [2.24, 2.45) is 0 Å². The minimum absolute atomic E-state index is 0.153. The second-order valence-corrected chi connectivity index (χ2v) is 9.34. The Bertz CT molecular complexity index is 1050. The number of amides is 2. The van der Waals surface area contributed by atoms with Crippen molar-refractivity contribution in [1.29, 1.82) is 0 Å². The van der Waals surface area contributed by atoms with Crippen molar-refractivity contribution in [3.63, 3.8) is 0 Å². The molecular weight excluding hydrogens is 422 g/mol. The molecule has 3 rings (SSSR count). The largest absolute Gasteiger partial charge is 0.383 e. The van der Waals surface area contributed by atoms with Gasteiger partial charge in [-0.2, -0.15) is 0 Å². The number of carbonyl (C=O) groups excluding carboxylic acids is 2. The molecule has 0 saturated heterocycles. The number of carbonyl (C=O) groups is 2. The number of rotatable bonds is 10. The number of nitrogens with one attached hydrogen (secondary N) is 3. The van der Waals surface area contributed by atoms with E-state index in [9.17, 15) is 9.59 Å². The van der Waals surface area contributed by atoms with Crippen LogP contribution in [0.2, 0.25) is 0 Å². The second kappa shape index (κ2) is 11.1. The molecule has 7 nitrogen and oxygen atoms in total. The molecule has 32 heavy (non-hydrogen) atoms. The van der Waals surface area contributed by atoms with Crippen LogP contribution in [0.1, 0.15) is 37.6 Å². The average Bonchev–Trinajstić information content (AvgIpc) is 3.20. The van der Waals surface area contributed by atoms with Crippen molar-refractivity contribution >= 4 is 39.1 Å². The summed E-state index contributed by atoms with van der Waals surface area (Å²) in [6.07, 6.45) is 3.11. The Kier molecular flexibility index (Phi) is 8.19. The predicted molar refractivity (Wildman–Crippen MR) is 130 cm³/mol. The lowest BCUT2D eigenvalue weighted by molar-refractivity contribution is -0.129. The van der Waals surface area contributed by atoms with Gasteiger partial charge in [-0.15, -0.1) is 11.3 Å². The van der Waals surface area contributed by atoms with Gasteiger partial charge in [0.1, 0.15) is 11.9 Å². The van der Waals surface area contributed by atoms with Crippen molar-refractivity contribution in [3.8, 4) is 0 Å².